The van der Waals surface area contributed by atoms with Crippen LogP contribution in [0.15, 0.2) is 0 Å². The molecule has 7 heteroatoms. The minimum Gasteiger partial charge on any atom is -0.395 e. The summed E-state index contributed by atoms with van der Waals surface area (Å²) in [6.07, 6.45) is 3.21. The molecule has 1 unspecified atom stereocenters. The van der Waals surface area contributed by atoms with Crippen LogP contribution in [0.2, 0.25) is 0 Å². The second kappa shape index (κ2) is 6.19. The second-order valence-corrected chi connectivity index (χ2v) is 7.57. The molecule has 1 atom stereocenters. The molecule has 110 valence electrons. The van der Waals surface area contributed by atoms with Crippen LogP contribution in [0.1, 0.15) is 25.7 Å². The molecule has 0 aromatic carbocycles. The number of nitrogens with zero attached hydrogens (tertiary/aromatic N) is 1. The summed E-state index contributed by atoms with van der Waals surface area (Å²) in [6.45, 7) is 0.728. The Kier molecular flexibility index (Phi) is 4.81. The standard InChI is InChI=1S/C12H22N2O4S/c15-7-6-14(11-4-8-19(17,18)9-11)12(16)3-5-13-10-1-2-10/h10-11,13,15H,1-9H2. The third-order valence-electron chi connectivity index (χ3n) is 3.66. The summed E-state index contributed by atoms with van der Waals surface area (Å²) >= 11 is 0. The predicted molar refractivity (Wildman–Crippen MR) is 71.5 cm³/mol. The minimum atomic E-state index is -3.01. The zero-order valence-electron chi connectivity index (χ0n) is 11.0. The molecular weight excluding hydrogens is 268 g/mol. The van der Waals surface area contributed by atoms with Crippen LogP contribution >= 0.6 is 0 Å². The van der Waals surface area contributed by atoms with Gasteiger partial charge in [0.15, 0.2) is 9.84 Å². The normalized spacial score (nSPS) is 25.4. The van der Waals surface area contributed by atoms with Crippen LogP contribution in [0, 0.1) is 0 Å². The number of carbonyl (C=O) groups is 1. The van der Waals surface area contributed by atoms with Gasteiger partial charge in [-0.15, -0.1) is 0 Å². The first-order valence-corrected chi connectivity index (χ1v) is 8.68. The Morgan fingerprint density at radius 3 is 2.58 bits per heavy atom. The molecule has 2 rings (SSSR count). The molecule has 0 radical (unpaired) electrons. The highest BCUT2D eigenvalue weighted by Gasteiger charge is 2.34. The summed E-state index contributed by atoms with van der Waals surface area (Å²) in [5.74, 6) is 0.117. The lowest BCUT2D eigenvalue weighted by Gasteiger charge is -2.27. The SMILES string of the molecule is O=C(CCNC1CC1)N(CCO)C1CCS(=O)(=O)C1. The van der Waals surface area contributed by atoms with Gasteiger partial charge in [-0.05, 0) is 19.3 Å². The first-order valence-electron chi connectivity index (χ1n) is 6.86. The Morgan fingerprint density at radius 2 is 2.05 bits per heavy atom. The molecular formula is C12H22N2O4S. The van der Waals surface area contributed by atoms with E-state index in [0.29, 0.717) is 25.4 Å². The molecule has 0 aromatic rings. The maximum atomic E-state index is 12.1. The minimum absolute atomic E-state index is 0.0365. The maximum Gasteiger partial charge on any atom is 0.224 e. The van der Waals surface area contributed by atoms with Crippen molar-refractivity contribution in [2.45, 2.75) is 37.8 Å². The summed E-state index contributed by atoms with van der Waals surface area (Å²) in [6, 6.07) is 0.302. The number of aliphatic hydroxyl groups excluding tert-OH is 1. The molecule has 1 amide bonds. The molecule has 0 spiro atoms. The largest absolute Gasteiger partial charge is 0.395 e. The van der Waals surface area contributed by atoms with E-state index in [0.717, 1.165) is 0 Å². The highest BCUT2D eigenvalue weighted by atomic mass is 32.2. The molecule has 1 aliphatic carbocycles. The van der Waals surface area contributed by atoms with Crippen molar-refractivity contribution in [1.82, 2.24) is 10.2 Å². The summed E-state index contributed by atoms with van der Waals surface area (Å²) in [5.41, 5.74) is 0. The quantitative estimate of drug-likeness (QED) is 0.637. The lowest BCUT2D eigenvalue weighted by atomic mass is 10.2. The lowest BCUT2D eigenvalue weighted by Crippen LogP contribution is -2.43. The molecule has 19 heavy (non-hydrogen) atoms. The van der Waals surface area contributed by atoms with Crippen molar-refractivity contribution < 1.29 is 18.3 Å². The van der Waals surface area contributed by atoms with E-state index < -0.39 is 9.84 Å². The summed E-state index contributed by atoms with van der Waals surface area (Å²) in [7, 11) is -3.01. The van der Waals surface area contributed by atoms with Crippen molar-refractivity contribution in [3.8, 4) is 0 Å². The Bertz CT molecular complexity index is 419. The third kappa shape index (κ3) is 4.43. The number of nitrogens with one attached hydrogen (secondary N) is 1. The van der Waals surface area contributed by atoms with Crippen LogP contribution in [0.5, 0.6) is 0 Å². The number of carbonyl (C=O) groups excluding carboxylic acids is 1. The average Bonchev–Trinajstić information content (AvgIpc) is 3.09. The van der Waals surface area contributed by atoms with Crippen molar-refractivity contribution in [3.05, 3.63) is 0 Å². The first kappa shape index (κ1) is 14.7. The maximum absolute atomic E-state index is 12.1. The van der Waals surface area contributed by atoms with Crippen LogP contribution in [0.3, 0.4) is 0 Å². The van der Waals surface area contributed by atoms with Gasteiger partial charge in [0.2, 0.25) is 5.91 Å². The molecule has 1 saturated heterocycles. The van der Waals surface area contributed by atoms with E-state index in [9.17, 15) is 13.2 Å². The van der Waals surface area contributed by atoms with Gasteiger partial charge in [-0.25, -0.2) is 8.42 Å². The van der Waals surface area contributed by atoms with Gasteiger partial charge in [0.1, 0.15) is 0 Å². The van der Waals surface area contributed by atoms with Gasteiger partial charge in [0.05, 0.1) is 18.1 Å². The van der Waals surface area contributed by atoms with Gasteiger partial charge in [0.25, 0.3) is 0 Å². The van der Waals surface area contributed by atoms with Crippen molar-refractivity contribution in [1.29, 1.82) is 0 Å². The molecule has 0 aromatic heterocycles. The van der Waals surface area contributed by atoms with Crippen molar-refractivity contribution in [2.24, 2.45) is 0 Å². The summed E-state index contributed by atoms with van der Waals surface area (Å²) in [5, 5.41) is 12.3. The zero-order valence-corrected chi connectivity index (χ0v) is 11.9. The fourth-order valence-corrected chi connectivity index (χ4v) is 4.18. The number of hydrogen-bond donors (Lipinski definition) is 2. The van der Waals surface area contributed by atoms with Gasteiger partial charge < -0.3 is 15.3 Å². The van der Waals surface area contributed by atoms with Crippen LogP contribution in [0.25, 0.3) is 0 Å². The Morgan fingerprint density at radius 1 is 1.32 bits per heavy atom. The molecule has 2 N–H and O–H groups in total. The Balaban J connectivity index is 1.84. The fraction of sp³-hybridized carbons (Fsp3) is 0.917. The van der Waals surface area contributed by atoms with Crippen LogP contribution < -0.4 is 5.32 Å². The van der Waals surface area contributed by atoms with E-state index in [2.05, 4.69) is 5.32 Å². The number of amides is 1. The van der Waals surface area contributed by atoms with Crippen molar-refractivity contribution in [2.75, 3.05) is 31.2 Å². The Labute approximate surface area is 114 Å². The first-order chi connectivity index (χ1) is 9.02. The third-order valence-corrected chi connectivity index (χ3v) is 5.41. The number of aliphatic hydroxyl groups is 1. The molecule has 1 heterocycles. The molecule has 1 aliphatic heterocycles. The number of hydrogen-bond acceptors (Lipinski definition) is 5. The number of rotatable bonds is 7. The topological polar surface area (TPSA) is 86.7 Å². The van der Waals surface area contributed by atoms with Crippen molar-refractivity contribution >= 4 is 15.7 Å². The highest BCUT2D eigenvalue weighted by molar-refractivity contribution is 7.91. The van der Waals surface area contributed by atoms with E-state index in [-0.39, 0.29) is 36.6 Å². The average molecular weight is 290 g/mol. The van der Waals surface area contributed by atoms with Crippen LogP contribution in [-0.4, -0.2) is 67.6 Å². The fourth-order valence-electron chi connectivity index (χ4n) is 2.45. The summed E-state index contributed by atoms with van der Waals surface area (Å²) in [4.78, 5) is 13.7. The molecule has 2 fully saturated rings. The van der Waals surface area contributed by atoms with E-state index in [1.807, 2.05) is 0 Å². The van der Waals surface area contributed by atoms with E-state index in [1.165, 1.54) is 12.8 Å². The van der Waals surface area contributed by atoms with Gasteiger partial charge in [-0.3, -0.25) is 4.79 Å². The molecule has 1 saturated carbocycles. The Hall–Kier alpha value is -0.660. The molecule has 0 bridgehead atoms. The van der Waals surface area contributed by atoms with Gasteiger partial charge in [0, 0.05) is 31.6 Å². The monoisotopic (exact) mass is 290 g/mol. The van der Waals surface area contributed by atoms with Crippen LogP contribution in [-0.2, 0) is 14.6 Å². The van der Waals surface area contributed by atoms with E-state index in [1.54, 1.807) is 4.90 Å². The molecule has 6 nitrogen and oxygen atoms in total. The second-order valence-electron chi connectivity index (χ2n) is 5.35. The van der Waals surface area contributed by atoms with Gasteiger partial charge >= 0.3 is 0 Å². The number of sulfone groups is 1. The summed E-state index contributed by atoms with van der Waals surface area (Å²) < 4.78 is 22.9. The van der Waals surface area contributed by atoms with Crippen molar-refractivity contribution in [3.63, 3.8) is 0 Å². The van der Waals surface area contributed by atoms with Gasteiger partial charge in [-0.2, -0.15) is 0 Å². The molecule has 2 aliphatic rings. The lowest BCUT2D eigenvalue weighted by molar-refractivity contribution is -0.133. The highest BCUT2D eigenvalue weighted by Crippen LogP contribution is 2.20. The van der Waals surface area contributed by atoms with Gasteiger partial charge in [-0.1, -0.05) is 0 Å². The smallest absolute Gasteiger partial charge is 0.224 e. The predicted octanol–water partition coefficient (Wildman–Crippen LogP) is -0.863. The van der Waals surface area contributed by atoms with Crippen LogP contribution in [0.4, 0.5) is 0 Å². The van der Waals surface area contributed by atoms with E-state index >= 15 is 0 Å². The van der Waals surface area contributed by atoms with E-state index in [4.69, 9.17) is 5.11 Å². The zero-order chi connectivity index (χ0) is 13.9.